The molecule has 3 fully saturated rings. The quantitative estimate of drug-likeness (QED) is 0.704. The van der Waals surface area contributed by atoms with Crippen molar-refractivity contribution in [3.63, 3.8) is 0 Å². The van der Waals surface area contributed by atoms with Gasteiger partial charge in [-0.05, 0) is 74.5 Å². The minimum atomic E-state index is -0.638. The van der Waals surface area contributed by atoms with Crippen molar-refractivity contribution in [2.45, 2.75) is 69.7 Å². The predicted octanol–water partition coefficient (Wildman–Crippen LogP) is 4.64. The summed E-state index contributed by atoms with van der Waals surface area (Å²) in [5.41, 5.74) is 0.302. The molecule has 2 bridgehead atoms. The first kappa shape index (κ1) is 19.8. The number of hydrogen-bond donors (Lipinski definition) is 1. The lowest BCUT2D eigenvalue weighted by atomic mass is 9.79. The van der Waals surface area contributed by atoms with Crippen LogP contribution in [0.15, 0.2) is 24.3 Å². The number of benzene rings is 1. The maximum atomic E-state index is 13.0. The van der Waals surface area contributed by atoms with E-state index in [1.54, 1.807) is 0 Å². The fraction of sp³-hybridized carbons (Fsp3) is 0.652. The number of fused-ring (bicyclic) bond motifs is 2. The Balaban J connectivity index is 1.33. The Bertz CT molecular complexity index is 726. The van der Waals surface area contributed by atoms with Gasteiger partial charge in [0, 0.05) is 11.1 Å². The van der Waals surface area contributed by atoms with Crippen LogP contribution in [0.3, 0.4) is 0 Å². The number of hydrogen-bond acceptors (Lipinski definition) is 3. The van der Waals surface area contributed by atoms with Gasteiger partial charge < -0.3 is 10.1 Å². The third-order valence-electron chi connectivity index (χ3n) is 7.40. The molecule has 28 heavy (non-hydrogen) atoms. The van der Waals surface area contributed by atoms with E-state index in [9.17, 15) is 9.59 Å². The van der Waals surface area contributed by atoms with Crippen LogP contribution in [-0.2, 0) is 19.7 Å². The molecule has 1 N–H and O–H groups in total. The molecule has 0 aliphatic heterocycles. The van der Waals surface area contributed by atoms with Crippen molar-refractivity contribution in [2.75, 3.05) is 6.61 Å². The maximum absolute atomic E-state index is 13.0. The van der Waals surface area contributed by atoms with Gasteiger partial charge in [-0.3, -0.25) is 9.59 Å². The van der Waals surface area contributed by atoms with Crippen LogP contribution < -0.4 is 5.32 Å². The number of amides is 1. The summed E-state index contributed by atoms with van der Waals surface area (Å²) in [4.78, 5) is 25.4. The normalized spacial score (nSPS) is 28.9. The molecule has 4 nitrogen and oxygen atoms in total. The van der Waals surface area contributed by atoms with Crippen molar-refractivity contribution in [3.05, 3.63) is 34.9 Å². The Kier molecular flexibility index (Phi) is 5.69. The van der Waals surface area contributed by atoms with Crippen molar-refractivity contribution in [1.82, 2.24) is 5.32 Å². The molecule has 3 saturated carbocycles. The highest BCUT2D eigenvalue weighted by Gasteiger charge is 2.45. The van der Waals surface area contributed by atoms with Crippen molar-refractivity contribution < 1.29 is 14.3 Å². The van der Waals surface area contributed by atoms with Gasteiger partial charge in [-0.25, -0.2) is 0 Å². The van der Waals surface area contributed by atoms with Crippen LogP contribution in [0.25, 0.3) is 0 Å². The summed E-state index contributed by atoms with van der Waals surface area (Å²) in [7, 11) is 0. The zero-order chi connectivity index (χ0) is 19.7. The van der Waals surface area contributed by atoms with Gasteiger partial charge in [0.15, 0.2) is 6.61 Å². The molecule has 3 aliphatic carbocycles. The van der Waals surface area contributed by atoms with E-state index in [0.29, 0.717) is 10.9 Å². The van der Waals surface area contributed by atoms with E-state index in [4.69, 9.17) is 16.3 Å². The molecular formula is C23H30ClNO3. The standard InChI is InChI=1S/C23H30ClNO3/c1-15(20-13-16-4-5-17(20)12-16)25-21(26)14-28-22(27)23(10-2-3-11-23)18-6-8-19(24)9-7-18/h6-9,15-17,20H,2-5,10-14H2,1H3,(H,25,26)/t15-,16+,17+,20-/m1/s1. The first-order valence-corrected chi connectivity index (χ1v) is 11.1. The highest BCUT2D eigenvalue weighted by Crippen LogP contribution is 2.49. The molecule has 1 aromatic carbocycles. The van der Waals surface area contributed by atoms with Gasteiger partial charge >= 0.3 is 5.97 Å². The monoisotopic (exact) mass is 403 g/mol. The van der Waals surface area contributed by atoms with Crippen LogP contribution in [0.4, 0.5) is 0 Å². The summed E-state index contributed by atoms with van der Waals surface area (Å²) in [6.45, 7) is 1.90. The van der Waals surface area contributed by atoms with Gasteiger partial charge in [0.25, 0.3) is 5.91 Å². The lowest BCUT2D eigenvalue weighted by Crippen LogP contribution is -2.43. The second-order valence-corrected chi connectivity index (χ2v) is 9.50. The fourth-order valence-electron chi connectivity index (χ4n) is 5.94. The Morgan fingerprint density at radius 1 is 1.18 bits per heavy atom. The molecular weight excluding hydrogens is 374 g/mol. The van der Waals surface area contributed by atoms with Crippen LogP contribution in [0.2, 0.25) is 5.02 Å². The molecule has 1 aromatic rings. The third-order valence-corrected chi connectivity index (χ3v) is 7.65. The van der Waals surface area contributed by atoms with Gasteiger partial charge in [0.05, 0.1) is 5.41 Å². The lowest BCUT2D eigenvalue weighted by molar-refractivity contribution is -0.154. The van der Waals surface area contributed by atoms with E-state index in [-0.39, 0.29) is 24.5 Å². The van der Waals surface area contributed by atoms with Gasteiger partial charge in [0.1, 0.15) is 0 Å². The second-order valence-electron chi connectivity index (χ2n) is 9.07. The second kappa shape index (κ2) is 8.06. The molecule has 0 spiro atoms. The first-order valence-electron chi connectivity index (χ1n) is 10.7. The molecule has 4 rings (SSSR count). The van der Waals surface area contributed by atoms with E-state index in [0.717, 1.165) is 43.1 Å². The van der Waals surface area contributed by atoms with Crippen molar-refractivity contribution in [2.24, 2.45) is 17.8 Å². The van der Waals surface area contributed by atoms with Crippen LogP contribution in [0.5, 0.6) is 0 Å². The molecule has 5 heteroatoms. The largest absolute Gasteiger partial charge is 0.455 e. The number of halogens is 1. The topological polar surface area (TPSA) is 55.4 Å². The van der Waals surface area contributed by atoms with Crippen molar-refractivity contribution in [1.29, 1.82) is 0 Å². The van der Waals surface area contributed by atoms with Crippen LogP contribution >= 0.6 is 11.6 Å². The highest BCUT2D eigenvalue weighted by molar-refractivity contribution is 6.30. The lowest BCUT2D eigenvalue weighted by Gasteiger charge is -2.29. The number of carbonyl (C=O) groups excluding carboxylic acids is 2. The minimum Gasteiger partial charge on any atom is -0.455 e. The van der Waals surface area contributed by atoms with Crippen LogP contribution in [0.1, 0.15) is 63.9 Å². The van der Waals surface area contributed by atoms with E-state index in [2.05, 4.69) is 12.2 Å². The Morgan fingerprint density at radius 3 is 2.50 bits per heavy atom. The fourth-order valence-corrected chi connectivity index (χ4v) is 6.06. The molecule has 3 aliphatic rings. The SMILES string of the molecule is C[C@@H](NC(=O)COC(=O)C1(c2ccc(Cl)cc2)CCCC1)[C@H]1C[C@H]2CC[C@H]1C2. The minimum absolute atomic E-state index is 0.151. The van der Waals surface area contributed by atoms with Gasteiger partial charge in [0.2, 0.25) is 0 Å². The van der Waals surface area contributed by atoms with E-state index < -0.39 is 5.41 Å². The predicted molar refractivity (Wildman–Crippen MR) is 109 cm³/mol. The Morgan fingerprint density at radius 2 is 1.89 bits per heavy atom. The molecule has 0 aromatic heterocycles. The molecule has 0 saturated heterocycles. The maximum Gasteiger partial charge on any atom is 0.317 e. The van der Waals surface area contributed by atoms with Gasteiger partial charge in [-0.2, -0.15) is 0 Å². The van der Waals surface area contributed by atoms with Crippen LogP contribution in [0, 0.1) is 17.8 Å². The number of nitrogens with one attached hydrogen (secondary N) is 1. The molecule has 0 heterocycles. The summed E-state index contributed by atoms with van der Waals surface area (Å²) in [5, 5.41) is 3.73. The van der Waals surface area contributed by atoms with Crippen LogP contribution in [-0.4, -0.2) is 24.5 Å². The van der Waals surface area contributed by atoms with E-state index in [1.165, 1.54) is 25.7 Å². The van der Waals surface area contributed by atoms with Crippen molar-refractivity contribution in [3.8, 4) is 0 Å². The molecule has 4 atom stereocenters. The van der Waals surface area contributed by atoms with Crippen molar-refractivity contribution >= 4 is 23.5 Å². The zero-order valence-electron chi connectivity index (χ0n) is 16.6. The number of esters is 1. The molecule has 0 radical (unpaired) electrons. The Labute approximate surface area is 172 Å². The summed E-state index contributed by atoms with van der Waals surface area (Å²) >= 11 is 6.00. The number of rotatable bonds is 6. The smallest absolute Gasteiger partial charge is 0.317 e. The van der Waals surface area contributed by atoms with E-state index >= 15 is 0 Å². The third kappa shape index (κ3) is 3.80. The van der Waals surface area contributed by atoms with E-state index in [1.807, 2.05) is 24.3 Å². The summed E-state index contributed by atoms with van der Waals surface area (Å²) in [6.07, 6.45) is 8.71. The highest BCUT2D eigenvalue weighted by atomic mass is 35.5. The average Bonchev–Trinajstić information content (AvgIpc) is 3.43. The molecule has 0 unspecified atom stereocenters. The van der Waals surface area contributed by atoms with Gasteiger partial charge in [-0.15, -0.1) is 0 Å². The molecule has 1 amide bonds. The number of carbonyl (C=O) groups is 2. The zero-order valence-corrected chi connectivity index (χ0v) is 17.3. The Hall–Kier alpha value is -1.55. The van der Waals surface area contributed by atoms with Gasteiger partial charge in [-0.1, -0.05) is 43.0 Å². The summed E-state index contributed by atoms with van der Waals surface area (Å²) in [5.74, 6) is 1.72. The molecule has 152 valence electrons. The summed E-state index contributed by atoms with van der Waals surface area (Å²) < 4.78 is 5.52. The summed E-state index contributed by atoms with van der Waals surface area (Å²) in [6, 6.07) is 7.60. The average molecular weight is 404 g/mol. The first-order chi connectivity index (χ1) is 13.5. The number of ether oxygens (including phenoxy) is 1.